The van der Waals surface area contributed by atoms with Crippen LogP contribution in [0.2, 0.25) is 0 Å². The van der Waals surface area contributed by atoms with Crippen molar-refractivity contribution in [2.75, 3.05) is 6.54 Å². The molecule has 1 nitrogen and oxygen atoms in total. The molecule has 1 unspecified atom stereocenters. The molecule has 0 amide bonds. The van der Waals surface area contributed by atoms with Crippen molar-refractivity contribution in [3.8, 4) is 11.8 Å². The zero-order valence-corrected chi connectivity index (χ0v) is 12.4. The zero-order chi connectivity index (χ0) is 13.5. The Morgan fingerprint density at radius 1 is 1.05 bits per heavy atom. The van der Waals surface area contributed by atoms with Crippen LogP contribution in [0.15, 0.2) is 59.1 Å². The normalized spacial score (nSPS) is 11.5. The van der Waals surface area contributed by atoms with E-state index in [0.717, 1.165) is 10.0 Å². The van der Waals surface area contributed by atoms with E-state index >= 15 is 0 Å². The molecule has 0 saturated heterocycles. The van der Waals surface area contributed by atoms with Crippen LogP contribution in [-0.2, 0) is 0 Å². The van der Waals surface area contributed by atoms with Gasteiger partial charge in [-0.1, -0.05) is 58.1 Å². The molecular weight excluding hydrogens is 298 g/mol. The van der Waals surface area contributed by atoms with Crippen molar-refractivity contribution in [2.45, 2.75) is 13.0 Å². The average molecular weight is 314 g/mol. The van der Waals surface area contributed by atoms with Crippen molar-refractivity contribution >= 4 is 15.9 Å². The number of hydrogen-bond acceptors (Lipinski definition) is 1. The molecule has 0 fully saturated rings. The molecule has 0 spiro atoms. The lowest BCUT2D eigenvalue weighted by molar-refractivity contribution is 0.623. The molecule has 1 atom stereocenters. The molecule has 2 aromatic rings. The van der Waals surface area contributed by atoms with Crippen LogP contribution >= 0.6 is 15.9 Å². The first kappa shape index (κ1) is 13.9. The minimum Gasteiger partial charge on any atom is -0.300 e. The van der Waals surface area contributed by atoms with E-state index < -0.39 is 0 Å². The van der Waals surface area contributed by atoms with E-state index in [-0.39, 0.29) is 0 Å². The van der Waals surface area contributed by atoms with E-state index in [1.54, 1.807) is 0 Å². The van der Waals surface area contributed by atoms with Crippen molar-refractivity contribution in [1.29, 1.82) is 0 Å². The standard InChI is InChI=1S/C17H16BrN/c1-14(16-9-11-17(18)12-10-16)19-13-5-8-15-6-3-2-4-7-15/h2-4,6-7,9-12,14,19H,13H2,1H3. The zero-order valence-electron chi connectivity index (χ0n) is 10.9. The monoisotopic (exact) mass is 313 g/mol. The fraction of sp³-hybridized carbons (Fsp3) is 0.176. The van der Waals surface area contributed by atoms with Crippen molar-refractivity contribution < 1.29 is 0 Å². The topological polar surface area (TPSA) is 12.0 Å². The van der Waals surface area contributed by atoms with E-state index in [1.807, 2.05) is 30.3 Å². The second-order valence-corrected chi connectivity index (χ2v) is 5.24. The first-order valence-electron chi connectivity index (χ1n) is 6.28. The maximum Gasteiger partial charge on any atom is 0.0584 e. The van der Waals surface area contributed by atoms with Crippen LogP contribution in [0.1, 0.15) is 24.1 Å². The molecule has 0 bridgehead atoms. The second kappa shape index (κ2) is 7.13. The summed E-state index contributed by atoms with van der Waals surface area (Å²) in [5.41, 5.74) is 2.32. The van der Waals surface area contributed by atoms with Crippen LogP contribution in [-0.4, -0.2) is 6.54 Å². The Morgan fingerprint density at radius 3 is 2.42 bits per heavy atom. The lowest BCUT2D eigenvalue weighted by Gasteiger charge is -2.11. The fourth-order valence-electron chi connectivity index (χ4n) is 1.74. The van der Waals surface area contributed by atoms with Gasteiger partial charge >= 0.3 is 0 Å². The molecular formula is C17H16BrN. The van der Waals surface area contributed by atoms with Crippen molar-refractivity contribution in [3.05, 3.63) is 70.2 Å². The van der Waals surface area contributed by atoms with Crippen molar-refractivity contribution in [3.63, 3.8) is 0 Å². The minimum atomic E-state index is 0.304. The van der Waals surface area contributed by atoms with E-state index in [0.29, 0.717) is 12.6 Å². The van der Waals surface area contributed by atoms with E-state index in [9.17, 15) is 0 Å². The first-order valence-corrected chi connectivity index (χ1v) is 7.08. The number of halogens is 1. The maximum atomic E-state index is 3.44. The highest BCUT2D eigenvalue weighted by Gasteiger charge is 2.02. The molecule has 0 radical (unpaired) electrons. The van der Waals surface area contributed by atoms with Gasteiger partial charge in [-0.15, -0.1) is 0 Å². The first-order chi connectivity index (χ1) is 9.25. The molecule has 19 heavy (non-hydrogen) atoms. The van der Waals surface area contributed by atoms with Crippen LogP contribution in [0.3, 0.4) is 0 Å². The van der Waals surface area contributed by atoms with Gasteiger partial charge in [0.15, 0.2) is 0 Å². The Morgan fingerprint density at radius 2 is 1.74 bits per heavy atom. The van der Waals surface area contributed by atoms with Gasteiger partial charge in [0.2, 0.25) is 0 Å². The van der Waals surface area contributed by atoms with Crippen molar-refractivity contribution in [1.82, 2.24) is 5.32 Å². The van der Waals surface area contributed by atoms with Crippen LogP contribution in [0.4, 0.5) is 0 Å². The number of rotatable bonds is 3. The molecule has 0 aliphatic heterocycles. The summed E-state index contributed by atoms with van der Waals surface area (Å²) in [6.45, 7) is 2.83. The van der Waals surface area contributed by atoms with Crippen LogP contribution < -0.4 is 5.32 Å². The second-order valence-electron chi connectivity index (χ2n) is 4.32. The molecule has 1 N–H and O–H groups in total. The Balaban J connectivity index is 1.86. The predicted octanol–water partition coefficient (Wildman–Crippen LogP) is 4.15. The summed E-state index contributed by atoms with van der Waals surface area (Å²) in [5, 5.41) is 3.40. The maximum absolute atomic E-state index is 3.44. The highest BCUT2D eigenvalue weighted by molar-refractivity contribution is 9.10. The van der Waals surface area contributed by atoms with Gasteiger partial charge in [-0.25, -0.2) is 0 Å². The Bertz CT molecular complexity index is 564. The Kier molecular flexibility index (Phi) is 5.20. The molecule has 2 rings (SSSR count). The van der Waals surface area contributed by atoms with Gasteiger partial charge in [-0.3, -0.25) is 5.32 Å². The molecule has 0 aliphatic carbocycles. The number of nitrogens with one attached hydrogen (secondary N) is 1. The van der Waals surface area contributed by atoms with Gasteiger partial charge in [-0.2, -0.15) is 0 Å². The molecule has 2 aromatic carbocycles. The third-order valence-corrected chi connectivity index (χ3v) is 3.40. The van der Waals surface area contributed by atoms with Gasteiger partial charge in [0.1, 0.15) is 0 Å². The van der Waals surface area contributed by atoms with E-state index in [2.05, 4.69) is 64.3 Å². The molecule has 0 aromatic heterocycles. The largest absolute Gasteiger partial charge is 0.300 e. The Labute approximate surface area is 123 Å². The summed E-state index contributed by atoms with van der Waals surface area (Å²) in [6, 6.07) is 18.7. The minimum absolute atomic E-state index is 0.304. The summed E-state index contributed by atoms with van der Waals surface area (Å²) in [4.78, 5) is 0. The summed E-state index contributed by atoms with van der Waals surface area (Å²) in [7, 11) is 0. The highest BCUT2D eigenvalue weighted by Crippen LogP contribution is 2.16. The third kappa shape index (κ3) is 4.55. The average Bonchev–Trinajstić information content (AvgIpc) is 2.45. The van der Waals surface area contributed by atoms with Crippen LogP contribution in [0.5, 0.6) is 0 Å². The number of hydrogen-bond donors (Lipinski definition) is 1. The van der Waals surface area contributed by atoms with E-state index in [4.69, 9.17) is 0 Å². The van der Waals surface area contributed by atoms with Gasteiger partial charge in [0.05, 0.1) is 6.54 Å². The lowest BCUT2D eigenvalue weighted by atomic mass is 10.1. The molecule has 96 valence electrons. The summed E-state index contributed by atoms with van der Waals surface area (Å²) < 4.78 is 1.10. The quantitative estimate of drug-likeness (QED) is 0.839. The van der Waals surface area contributed by atoms with Gasteiger partial charge in [-0.05, 0) is 36.8 Å². The van der Waals surface area contributed by atoms with Gasteiger partial charge < -0.3 is 0 Å². The van der Waals surface area contributed by atoms with Gasteiger partial charge in [0, 0.05) is 16.1 Å². The van der Waals surface area contributed by atoms with E-state index in [1.165, 1.54) is 5.56 Å². The van der Waals surface area contributed by atoms with Crippen LogP contribution in [0, 0.1) is 11.8 Å². The summed E-state index contributed by atoms with van der Waals surface area (Å²) in [5.74, 6) is 6.28. The lowest BCUT2D eigenvalue weighted by Crippen LogP contribution is -2.18. The molecule has 0 heterocycles. The third-order valence-electron chi connectivity index (χ3n) is 2.87. The van der Waals surface area contributed by atoms with Crippen molar-refractivity contribution in [2.24, 2.45) is 0 Å². The van der Waals surface area contributed by atoms with Crippen LogP contribution in [0.25, 0.3) is 0 Å². The van der Waals surface area contributed by atoms with Gasteiger partial charge in [0.25, 0.3) is 0 Å². The number of benzene rings is 2. The molecule has 2 heteroatoms. The molecule has 0 aliphatic rings. The predicted molar refractivity (Wildman–Crippen MR) is 83.9 cm³/mol. The highest BCUT2D eigenvalue weighted by atomic mass is 79.9. The fourth-order valence-corrected chi connectivity index (χ4v) is 2.01. The summed E-state index contributed by atoms with van der Waals surface area (Å²) in [6.07, 6.45) is 0. The smallest absolute Gasteiger partial charge is 0.0584 e. The Hall–Kier alpha value is -1.56. The summed E-state index contributed by atoms with van der Waals surface area (Å²) >= 11 is 3.44. The molecule has 0 saturated carbocycles. The SMILES string of the molecule is CC(NCC#Cc1ccccc1)c1ccc(Br)cc1.